The first-order valence-corrected chi connectivity index (χ1v) is 7.00. The van der Waals surface area contributed by atoms with Crippen LogP contribution in [0.5, 0.6) is 0 Å². The Morgan fingerprint density at radius 3 is 2.78 bits per heavy atom. The third kappa shape index (κ3) is 2.77. The van der Waals surface area contributed by atoms with Gasteiger partial charge in [0.15, 0.2) is 0 Å². The summed E-state index contributed by atoms with van der Waals surface area (Å²) in [7, 11) is -1.74. The highest BCUT2D eigenvalue weighted by molar-refractivity contribution is 7.89. The van der Waals surface area contributed by atoms with E-state index in [-0.39, 0.29) is 11.4 Å². The first-order valence-electron chi connectivity index (χ1n) is 5.52. The van der Waals surface area contributed by atoms with E-state index >= 15 is 0 Å². The average Bonchev–Trinajstić information content (AvgIpc) is 2.95. The number of nitrogens with zero attached hydrogens (tertiary/aromatic N) is 4. The molecule has 98 valence electrons. The van der Waals surface area contributed by atoms with E-state index in [1.807, 2.05) is 6.92 Å². The third-order valence-electron chi connectivity index (χ3n) is 2.46. The van der Waals surface area contributed by atoms with Crippen LogP contribution < -0.4 is 4.72 Å². The van der Waals surface area contributed by atoms with Gasteiger partial charge in [-0.15, -0.1) is 0 Å². The lowest BCUT2D eigenvalue weighted by atomic mass is 10.4. The maximum atomic E-state index is 11.9. The fourth-order valence-corrected chi connectivity index (χ4v) is 2.42. The molecule has 7 nitrogen and oxygen atoms in total. The molecule has 0 radical (unpaired) electrons. The molecule has 8 heteroatoms. The summed E-state index contributed by atoms with van der Waals surface area (Å²) in [5.41, 5.74) is 0.670. The van der Waals surface area contributed by atoms with Crippen molar-refractivity contribution in [3.05, 3.63) is 30.4 Å². The molecular weight excluding hydrogens is 254 g/mol. The minimum atomic E-state index is -3.52. The monoisotopic (exact) mass is 269 g/mol. The van der Waals surface area contributed by atoms with E-state index in [9.17, 15) is 8.42 Å². The van der Waals surface area contributed by atoms with Gasteiger partial charge in [0.05, 0.1) is 18.4 Å². The molecule has 2 aromatic heterocycles. The van der Waals surface area contributed by atoms with E-state index < -0.39 is 10.0 Å². The molecule has 0 aliphatic carbocycles. The second-order valence-electron chi connectivity index (χ2n) is 3.84. The van der Waals surface area contributed by atoms with Crippen LogP contribution in [0.3, 0.4) is 0 Å². The molecule has 0 unspecified atom stereocenters. The quantitative estimate of drug-likeness (QED) is 0.835. The Kier molecular flexibility index (Phi) is 3.48. The molecule has 0 fully saturated rings. The van der Waals surface area contributed by atoms with Crippen molar-refractivity contribution >= 4 is 10.0 Å². The van der Waals surface area contributed by atoms with Crippen molar-refractivity contribution in [2.75, 3.05) is 0 Å². The number of aryl methyl sites for hydroxylation is 2. The van der Waals surface area contributed by atoms with Gasteiger partial charge in [-0.2, -0.15) is 10.2 Å². The van der Waals surface area contributed by atoms with Crippen molar-refractivity contribution < 1.29 is 8.42 Å². The van der Waals surface area contributed by atoms with Crippen LogP contribution in [-0.2, 0) is 30.2 Å². The summed E-state index contributed by atoms with van der Waals surface area (Å²) in [5.74, 6) is 0. The number of rotatable bonds is 5. The van der Waals surface area contributed by atoms with Crippen LogP contribution in [0.2, 0.25) is 0 Å². The van der Waals surface area contributed by atoms with Crippen LogP contribution in [-0.4, -0.2) is 28.0 Å². The van der Waals surface area contributed by atoms with Crippen molar-refractivity contribution in [3.63, 3.8) is 0 Å². The lowest BCUT2D eigenvalue weighted by molar-refractivity contribution is 0.579. The van der Waals surface area contributed by atoms with E-state index in [4.69, 9.17) is 0 Å². The Hall–Kier alpha value is -1.67. The Morgan fingerprint density at radius 2 is 2.22 bits per heavy atom. The van der Waals surface area contributed by atoms with Crippen LogP contribution in [0.25, 0.3) is 0 Å². The molecule has 0 spiro atoms. The molecule has 0 atom stereocenters. The standard InChI is InChI=1S/C10H15N5O2S/c1-3-15-8-10(7-11-15)18(16,17)12-6-9-4-5-14(2)13-9/h4-5,7-8,12H,3,6H2,1-2H3. The summed E-state index contributed by atoms with van der Waals surface area (Å²) in [6.45, 7) is 2.70. The van der Waals surface area contributed by atoms with E-state index in [0.29, 0.717) is 12.2 Å². The number of hydrogen-bond donors (Lipinski definition) is 1. The van der Waals surface area contributed by atoms with Crippen molar-refractivity contribution in [2.24, 2.45) is 7.05 Å². The van der Waals surface area contributed by atoms with Crippen LogP contribution in [0.4, 0.5) is 0 Å². The Labute approximate surface area is 105 Å². The van der Waals surface area contributed by atoms with Gasteiger partial charge in [0, 0.05) is 26.0 Å². The number of sulfonamides is 1. The largest absolute Gasteiger partial charge is 0.276 e. The number of hydrogen-bond acceptors (Lipinski definition) is 4. The maximum absolute atomic E-state index is 11.9. The molecule has 0 saturated heterocycles. The summed E-state index contributed by atoms with van der Waals surface area (Å²) in [5, 5.41) is 8.04. The molecule has 0 aliphatic heterocycles. The maximum Gasteiger partial charge on any atom is 0.244 e. The van der Waals surface area contributed by atoms with E-state index in [0.717, 1.165) is 0 Å². The molecule has 0 saturated carbocycles. The average molecular weight is 269 g/mol. The Morgan fingerprint density at radius 1 is 1.44 bits per heavy atom. The first kappa shape index (κ1) is 12.8. The van der Waals surface area contributed by atoms with Gasteiger partial charge in [-0.1, -0.05) is 0 Å². The molecule has 0 aliphatic rings. The molecule has 18 heavy (non-hydrogen) atoms. The lowest BCUT2D eigenvalue weighted by Crippen LogP contribution is -2.23. The highest BCUT2D eigenvalue weighted by Gasteiger charge is 2.16. The molecule has 2 heterocycles. The van der Waals surface area contributed by atoms with Gasteiger partial charge < -0.3 is 0 Å². The predicted molar refractivity (Wildman–Crippen MR) is 65.1 cm³/mol. The van der Waals surface area contributed by atoms with Crippen molar-refractivity contribution in [3.8, 4) is 0 Å². The highest BCUT2D eigenvalue weighted by Crippen LogP contribution is 2.07. The summed E-state index contributed by atoms with van der Waals surface area (Å²) >= 11 is 0. The van der Waals surface area contributed by atoms with Gasteiger partial charge in [0.25, 0.3) is 0 Å². The zero-order valence-electron chi connectivity index (χ0n) is 10.2. The summed E-state index contributed by atoms with van der Waals surface area (Å²) in [4.78, 5) is 0.167. The lowest BCUT2D eigenvalue weighted by Gasteiger charge is -2.02. The fraction of sp³-hybridized carbons (Fsp3) is 0.400. The van der Waals surface area contributed by atoms with Crippen LogP contribution in [0.15, 0.2) is 29.6 Å². The Bertz CT molecular complexity index is 628. The van der Waals surface area contributed by atoms with E-state index in [2.05, 4.69) is 14.9 Å². The van der Waals surface area contributed by atoms with Gasteiger partial charge >= 0.3 is 0 Å². The second-order valence-corrected chi connectivity index (χ2v) is 5.60. The summed E-state index contributed by atoms with van der Waals surface area (Å²) in [6.07, 6.45) is 4.60. The van der Waals surface area contributed by atoms with Crippen LogP contribution in [0.1, 0.15) is 12.6 Å². The van der Waals surface area contributed by atoms with Gasteiger partial charge in [0.1, 0.15) is 4.90 Å². The predicted octanol–water partition coefficient (Wildman–Crippen LogP) is 0.115. The van der Waals surface area contributed by atoms with E-state index in [1.54, 1.807) is 28.7 Å². The zero-order chi connectivity index (χ0) is 13.2. The molecule has 0 bridgehead atoms. The third-order valence-corrected chi connectivity index (χ3v) is 3.81. The minimum Gasteiger partial charge on any atom is -0.276 e. The van der Waals surface area contributed by atoms with Crippen molar-refractivity contribution in [1.82, 2.24) is 24.3 Å². The van der Waals surface area contributed by atoms with E-state index in [1.165, 1.54) is 12.4 Å². The first-order chi connectivity index (χ1) is 8.51. The zero-order valence-corrected chi connectivity index (χ0v) is 11.1. The SMILES string of the molecule is CCn1cc(S(=O)(=O)NCc2ccn(C)n2)cn1. The molecule has 0 aromatic carbocycles. The normalized spacial score (nSPS) is 11.9. The smallest absolute Gasteiger partial charge is 0.244 e. The van der Waals surface area contributed by atoms with Crippen LogP contribution in [0, 0.1) is 0 Å². The molecule has 2 aromatic rings. The fourth-order valence-electron chi connectivity index (χ4n) is 1.47. The summed E-state index contributed by atoms with van der Waals surface area (Å²) < 4.78 is 29.6. The van der Waals surface area contributed by atoms with Gasteiger partial charge in [0.2, 0.25) is 10.0 Å². The molecular formula is C10H15N5O2S. The van der Waals surface area contributed by atoms with Gasteiger partial charge in [-0.05, 0) is 13.0 Å². The van der Waals surface area contributed by atoms with Gasteiger partial charge in [-0.25, -0.2) is 13.1 Å². The number of nitrogens with one attached hydrogen (secondary N) is 1. The number of aromatic nitrogens is 4. The van der Waals surface area contributed by atoms with Gasteiger partial charge in [-0.3, -0.25) is 9.36 Å². The van der Waals surface area contributed by atoms with Crippen molar-refractivity contribution in [1.29, 1.82) is 0 Å². The summed E-state index contributed by atoms with van der Waals surface area (Å²) in [6, 6.07) is 1.76. The second kappa shape index (κ2) is 4.91. The topological polar surface area (TPSA) is 81.8 Å². The molecule has 1 N–H and O–H groups in total. The van der Waals surface area contributed by atoms with Crippen molar-refractivity contribution in [2.45, 2.75) is 24.9 Å². The highest BCUT2D eigenvalue weighted by atomic mass is 32.2. The molecule has 0 amide bonds. The molecule has 2 rings (SSSR count). The Balaban J connectivity index is 2.07. The minimum absolute atomic E-state index is 0.167. The van der Waals surface area contributed by atoms with Crippen LogP contribution >= 0.6 is 0 Å².